The van der Waals surface area contributed by atoms with Crippen LogP contribution in [0, 0.1) is 42.0 Å². The third-order valence-corrected chi connectivity index (χ3v) is 9.64. The van der Waals surface area contributed by atoms with Crippen molar-refractivity contribution in [2.24, 2.45) is 11.1 Å². The van der Waals surface area contributed by atoms with Crippen LogP contribution in [-0.4, -0.2) is 24.9 Å². The Morgan fingerprint density at radius 1 is 1.20 bits per heavy atom. The topological polar surface area (TPSA) is 127 Å². The summed E-state index contributed by atoms with van der Waals surface area (Å²) in [5.74, 6) is 5.74. The zero-order chi connectivity index (χ0) is 30.8. The van der Waals surface area contributed by atoms with E-state index in [1.807, 2.05) is 43.3 Å². The van der Waals surface area contributed by atoms with E-state index in [1.165, 1.54) is 28.3 Å². The van der Waals surface area contributed by atoms with Gasteiger partial charge in [0.05, 0.1) is 21.2 Å². The van der Waals surface area contributed by atoms with Gasteiger partial charge < -0.3 is 0 Å². The van der Waals surface area contributed by atoms with Crippen LogP contribution in [0.25, 0.3) is 16.4 Å². The smallest absolute Gasteiger partial charge is 0.266 e. The average molecular weight is 641 g/mol. The molecule has 0 radical (unpaired) electrons. The summed E-state index contributed by atoms with van der Waals surface area (Å²) in [6.07, 6.45) is 4.90. The van der Waals surface area contributed by atoms with Gasteiger partial charge in [0.1, 0.15) is 22.5 Å². The molecular formula is C32H25FN6O2S3. The number of nitrogens with two attached hydrogens (primary N) is 1. The number of carbonyl (C=O) groups is 1. The molecule has 0 saturated heterocycles. The van der Waals surface area contributed by atoms with E-state index < -0.39 is 22.7 Å². The summed E-state index contributed by atoms with van der Waals surface area (Å²) < 4.78 is 28.4. The molecule has 1 unspecified atom stereocenters. The van der Waals surface area contributed by atoms with Crippen LogP contribution < -0.4 is 10.5 Å². The van der Waals surface area contributed by atoms with Crippen LogP contribution in [0.2, 0.25) is 0 Å². The fourth-order valence-electron chi connectivity index (χ4n) is 4.85. The number of hydrogen-bond acceptors (Lipinski definition) is 7. The minimum atomic E-state index is -1.94. The Kier molecular flexibility index (Phi) is 8.51. The summed E-state index contributed by atoms with van der Waals surface area (Å²) in [5.41, 5.74) is 4.97. The first-order valence-corrected chi connectivity index (χ1v) is 16.6. The van der Waals surface area contributed by atoms with Gasteiger partial charge in [-0.05, 0) is 74.1 Å². The maximum atomic E-state index is 14.9. The molecule has 0 bridgehead atoms. The number of benzene rings is 2. The first-order valence-electron chi connectivity index (χ1n) is 13.7. The summed E-state index contributed by atoms with van der Waals surface area (Å²) >= 11 is 2.89. The highest BCUT2D eigenvalue weighted by molar-refractivity contribution is 7.82. The molecule has 0 aliphatic heterocycles. The SMILES string of the molecule is Cc1ccc(C#Cc2cccc(-c3nn(-c4nc(C(=O)NC#N)cs4)c(CC4CC4)c3Cc3ccc(S(N)=O)c(F)c3)c2)s1. The molecule has 2 aromatic carbocycles. The molecule has 1 fully saturated rings. The van der Waals surface area contributed by atoms with E-state index in [4.69, 9.17) is 15.5 Å². The first kappa shape index (κ1) is 29.6. The molecule has 1 atom stereocenters. The number of halogens is 1. The van der Waals surface area contributed by atoms with E-state index in [1.54, 1.807) is 33.7 Å². The van der Waals surface area contributed by atoms with Gasteiger partial charge in [-0.1, -0.05) is 30.0 Å². The van der Waals surface area contributed by atoms with E-state index in [0.717, 1.165) is 46.5 Å². The molecule has 1 aliphatic carbocycles. The van der Waals surface area contributed by atoms with Crippen LogP contribution >= 0.6 is 22.7 Å². The predicted octanol–water partition coefficient (Wildman–Crippen LogP) is 5.64. The molecular weight excluding hydrogens is 616 g/mol. The first-order chi connectivity index (χ1) is 21.3. The molecule has 5 aromatic rings. The molecule has 3 N–H and O–H groups in total. The molecule has 1 aliphatic rings. The van der Waals surface area contributed by atoms with Gasteiger partial charge >= 0.3 is 0 Å². The maximum absolute atomic E-state index is 14.9. The highest BCUT2D eigenvalue weighted by atomic mass is 32.2. The normalized spacial score (nSPS) is 13.1. The number of nitrogens with zero attached hydrogens (tertiary/aromatic N) is 4. The van der Waals surface area contributed by atoms with Crippen molar-refractivity contribution < 1.29 is 13.4 Å². The van der Waals surface area contributed by atoms with Crippen molar-refractivity contribution in [3.63, 3.8) is 0 Å². The number of aromatic nitrogens is 3. The van der Waals surface area contributed by atoms with E-state index in [2.05, 4.69) is 22.1 Å². The molecule has 0 spiro atoms. The summed E-state index contributed by atoms with van der Waals surface area (Å²) in [7, 11) is -1.94. The highest BCUT2D eigenvalue weighted by Crippen LogP contribution is 2.38. The lowest BCUT2D eigenvalue weighted by molar-refractivity contribution is 0.0968. The Labute approximate surface area is 264 Å². The molecule has 220 valence electrons. The lowest BCUT2D eigenvalue weighted by Gasteiger charge is -2.10. The van der Waals surface area contributed by atoms with Crippen molar-refractivity contribution in [1.82, 2.24) is 20.1 Å². The fourth-order valence-corrected chi connectivity index (χ4v) is 6.80. The molecule has 8 nitrogen and oxygen atoms in total. The van der Waals surface area contributed by atoms with E-state index in [9.17, 15) is 13.4 Å². The van der Waals surface area contributed by atoms with Crippen LogP contribution in [-0.2, 0) is 23.8 Å². The van der Waals surface area contributed by atoms with Crippen molar-refractivity contribution in [3.8, 4) is 34.4 Å². The number of amides is 1. The fraction of sp³-hybridized carbons (Fsp3) is 0.188. The average Bonchev–Trinajstić information content (AvgIpc) is 3.34. The Balaban J connectivity index is 1.48. The minimum Gasteiger partial charge on any atom is -0.266 e. The van der Waals surface area contributed by atoms with Gasteiger partial charge in [0, 0.05) is 33.4 Å². The van der Waals surface area contributed by atoms with Crippen molar-refractivity contribution in [2.75, 3.05) is 0 Å². The number of aryl methyl sites for hydroxylation is 1. The van der Waals surface area contributed by atoms with Crippen molar-refractivity contribution >= 4 is 39.6 Å². The zero-order valence-corrected chi connectivity index (χ0v) is 25.9. The number of hydrogen-bond donors (Lipinski definition) is 2. The molecule has 1 amide bonds. The Hall–Kier alpha value is -4.46. The lowest BCUT2D eigenvalue weighted by atomic mass is 9.96. The standard InChI is InChI=1S/C32H25FN6O2S3/c1-19-5-10-24(43-19)11-8-20-3-2-4-23(13-20)30-25(14-22-9-12-29(44(35)41)26(33)15-22)28(16-21-6-7-21)39(38-30)32-37-27(17-42-32)31(40)36-18-34/h2-5,9-10,12-13,15,17,21H,6-7,14,16,35H2,1H3,(H,36,40). The number of carbonyl (C=O) groups excluding carboxylic acids is 1. The van der Waals surface area contributed by atoms with E-state index in [-0.39, 0.29) is 10.6 Å². The lowest BCUT2D eigenvalue weighted by Crippen LogP contribution is -2.17. The summed E-state index contributed by atoms with van der Waals surface area (Å²) in [4.78, 5) is 18.9. The minimum absolute atomic E-state index is 0.0546. The predicted molar refractivity (Wildman–Crippen MR) is 169 cm³/mol. The third kappa shape index (κ3) is 6.54. The summed E-state index contributed by atoms with van der Waals surface area (Å²) in [6, 6.07) is 16.4. The Bertz CT molecular complexity index is 2020. The Morgan fingerprint density at radius 2 is 2.05 bits per heavy atom. The van der Waals surface area contributed by atoms with Gasteiger partial charge in [-0.15, -0.1) is 22.7 Å². The van der Waals surface area contributed by atoms with Gasteiger partial charge in [-0.3, -0.25) is 10.1 Å². The molecule has 3 aromatic heterocycles. The number of thiazole rings is 1. The molecule has 3 heterocycles. The quantitative estimate of drug-likeness (QED) is 0.129. The molecule has 1 saturated carbocycles. The van der Waals surface area contributed by atoms with Crippen molar-refractivity contribution in [1.29, 1.82) is 5.26 Å². The monoisotopic (exact) mass is 640 g/mol. The highest BCUT2D eigenvalue weighted by Gasteiger charge is 2.29. The summed E-state index contributed by atoms with van der Waals surface area (Å²) in [5, 5.41) is 23.6. The molecule has 6 rings (SSSR count). The summed E-state index contributed by atoms with van der Waals surface area (Å²) in [6.45, 7) is 2.05. The largest absolute Gasteiger partial charge is 0.283 e. The number of nitriles is 1. The maximum Gasteiger partial charge on any atom is 0.283 e. The second-order valence-corrected chi connectivity index (χ2v) is 13.6. The van der Waals surface area contributed by atoms with Gasteiger partial charge in [-0.2, -0.15) is 10.4 Å². The Morgan fingerprint density at radius 3 is 2.75 bits per heavy atom. The van der Waals surface area contributed by atoms with Gasteiger partial charge in [0.2, 0.25) is 5.13 Å². The second-order valence-electron chi connectivity index (χ2n) is 10.4. The number of thiophene rings is 1. The number of nitrogens with one attached hydrogen (secondary N) is 1. The second kappa shape index (κ2) is 12.6. The number of rotatable bonds is 8. The van der Waals surface area contributed by atoms with Gasteiger partial charge in [0.25, 0.3) is 5.91 Å². The van der Waals surface area contributed by atoms with Crippen LogP contribution in [0.3, 0.4) is 0 Å². The van der Waals surface area contributed by atoms with E-state index in [0.29, 0.717) is 28.7 Å². The van der Waals surface area contributed by atoms with Crippen molar-refractivity contribution in [3.05, 3.63) is 104 Å². The van der Waals surface area contributed by atoms with Crippen LogP contribution in [0.5, 0.6) is 0 Å². The third-order valence-electron chi connectivity index (χ3n) is 7.14. The van der Waals surface area contributed by atoms with Gasteiger partial charge in [0.15, 0.2) is 6.19 Å². The van der Waals surface area contributed by atoms with E-state index >= 15 is 0 Å². The van der Waals surface area contributed by atoms with Crippen LogP contribution in [0.15, 0.2) is 64.9 Å². The van der Waals surface area contributed by atoms with Crippen molar-refractivity contribution in [2.45, 2.75) is 37.5 Å². The van der Waals surface area contributed by atoms with Crippen LogP contribution in [0.1, 0.15) is 55.5 Å². The zero-order valence-electron chi connectivity index (χ0n) is 23.5. The molecule has 12 heteroatoms. The molecule has 44 heavy (non-hydrogen) atoms. The van der Waals surface area contributed by atoms with Crippen LogP contribution in [0.4, 0.5) is 4.39 Å². The van der Waals surface area contributed by atoms with Gasteiger partial charge in [-0.25, -0.2) is 23.4 Å².